The lowest BCUT2D eigenvalue weighted by atomic mass is 10.1. The van der Waals surface area contributed by atoms with Crippen LogP contribution in [0.25, 0.3) is 0 Å². The number of nitrogens with one attached hydrogen (secondary N) is 3. The van der Waals surface area contributed by atoms with Crippen LogP contribution in [0.3, 0.4) is 0 Å². The summed E-state index contributed by atoms with van der Waals surface area (Å²) in [5, 5.41) is 17.8. The standard InChI is InChI=1S/C15H23N3O6/c19-13(20)10-6-8(7-18-10)23-15(22)12-11(3-5-17-12)24-14(21)9-2-1-4-16-9/h8-12,16-18H,1-7H2,(H,19,20)/t8?,9-,10-,11?,12-/m0/s1. The predicted octanol–water partition coefficient (Wildman–Crippen LogP) is -1.63. The summed E-state index contributed by atoms with van der Waals surface area (Å²) in [6.07, 6.45) is 1.46. The van der Waals surface area contributed by atoms with E-state index in [-0.39, 0.29) is 18.4 Å². The Morgan fingerprint density at radius 2 is 1.75 bits per heavy atom. The van der Waals surface area contributed by atoms with Crippen LogP contribution in [-0.4, -0.2) is 73.0 Å². The van der Waals surface area contributed by atoms with E-state index in [2.05, 4.69) is 16.0 Å². The zero-order valence-electron chi connectivity index (χ0n) is 13.3. The number of hydrogen-bond acceptors (Lipinski definition) is 8. The van der Waals surface area contributed by atoms with E-state index >= 15 is 0 Å². The first-order valence-electron chi connectivity index (χ1n) is 8.38. The highest BCUT2D eigenvalue weighted by Crippen LogP contribution is 2.18. The molecule has 3 aliphatic rings. The van der Waals surface area contributed by atoms with Crippen molar-refractivity contribution in [3.63, 3.8) is 0 Å². The minimum Gasteiger partial charge on any atom is -0.480 e. The summed E-state index contributed by atoms with van der Waals surface area (Å²) in [6.45, 7) is 1.68. The molecule has 5 atom stereocenters. The molecule has 9 nitrogen and oxygen atoms in total. The van der Waals surface area contributed by atoms with E-state index in [4.69, 9.17) is 14.6 Å². The van der Waals surface area contributed by atoms with E-state index in [0.29, 0.717) is 19.5 Å². The molecule has 134 valence electrons. The predicted molar refractivity (Wildman–Crippen MR) is 81.2 cm³/mol. The van der Waals surface area contributed by atoms with Crippen molar-refractivity contribution in [1.82, 2.24) is 16.0 Å². The molecule has 4 N–H and O–H groups in total. The Kier molecular flexibility index (Phi) is 5.32. The number of rotatable bonds is 5. The molecule has 3 fully saturated rings. The molecule has 0 spiro atoms. The Bertz CT molecular complexity index is 507. The van der Waals surface area contributed by atoms with Crippen LogP contribution in [0.4, 0.5) is 0 Å². The minimum absolute atomic E-state index is 0.240. The van der Waals surface area contributed by atoms with Crippen molar-refractivity contribution in [2.24, 2.45) is 0 Å². The van der Waals surface area contributed by atoms with Crippen LogP contribution in [0.2, 0.25) is 0 Å². The van der Waals surface area contributed by atoms with E-state index in [1.807, 2.05) is 0 Å². The number of carboxylic acid groups (broad SMARTS) is 1. The maximum Gasteiger partial charge on any atom is 0.327 e. The maximum atomic E-state index is 12.3. The zero-order chi connectivity index (χ0) is 17.1. The summed E-state index contributed by atoms with van der Waals surface area (Å²) in [4.78, 5) is 35.3. The normalized spacial score (nSPS) is 35.8. The SMILES string of the molecule is O=C(O)[C@@H]1CC(OC(=O)[C@H]2NCCC2OC(=O)[C@@H]2CCCN2)CN1. The van der Waals surface area contributed by atoms with Crippen LogP contribution in [0.5, 0.6) is 0 Å². The maximum absolute atomic E-state index is 12.3. The number of esters is 2. The average molecular weight is 341 g/mol. The van der Waals surface area contributed by atoms with Crippen LogP contribution >= 0.6 is 0 Å². The van der Waals surface area contributed by atoms with Crippen molar-refractivity contribution in [3.05, 3.63) is 0 Å². The minimum atomic E-state index is -0.955. The fourth-order valence-electron chi connectivity index (χ4n) is 3.38. The molecule has 2 unspecified atom stereocenters. The molecule has 0 saturated carbocycles. The monoisotopic (exact) mass is 341 g/mol. The van der Waals surface area contributed by atoms with Gasteiger partial charge in [-0.25, -0.2) is 0 Å². The van der Waals surface area contributed by atoms with Gasteiger partial charge in [0.2, 0.25) is 0 Å². The van der Waals surface area contributed by atoms with Gasteiger partial charge in [0.05, 0.1) is 0 Å². The van der Waals surface area contributed by atoms with Crippen molar-refractivity contribution in [2.75, 3.05) is 19.6 Å². The van der Waals surface area contributed by atoms with Gasteiger partial charge in [0.15, 0.2) is 0 Å². The molecule has 9 heteroatoms. The molecule has 0 aromatic carbocycles. The van der Waals surface area contributed by atoms with E-state index < -0.39 is 36.2 Å². The fraction of sp³-hybridized carbons (Fsp3) is 0.800. The highest BCUT2D eigenvalue weighted by atomic mass is 16.6. The van der Waals surface area contributed by atoms with Gasteiger partial charge in [0, 0.05) is 13.0 Å². The molecular formula is C15H23N3O6. The Balaban J connectivity index is 1.50. The second-order valence-electron chi connectivity index (χ2n) is 6.44. The number of aliphatic carboxylic acids is 1. The van der Waals surface area contributed by atoms with E-state index in [9.17, 15) is 14.4 Å². The molecule has 0 bridgehead atoms. The molecular weight excluding hydrogens is 318 g/mol. The zero-order valence-corrected chi connectivity index (χ0v) is 13.3. The molecule has 0 radical (unpaired) electrons. The summed E-state index contributed by atoms with van der Waals surface area (Å²) >= 11 is 0. The largest absolute Gasteiger partial charge is 0.480 e. The fourth-order valence-corrected chi connectivity index (χ4v) is 3.38. The smallest absolute Gasteiger partial charge is 0.327 e. The molecule has 3 saturated heterocycles. The van der Waals surface area contributed by atoms with Crippen molar-refractivity contribution in [1.29, 1.82) is 0 Å². The van der Waals surface area contributed by atoms with Crippen LogP contribution in [0.1, 0.15) is 25.7 Å². The Morgan fingerprint density at radius 3 is 2.42 bits per heavy atom. The van der Waals surface area contributed by atoms with Crippen molar-refractivity contribution in [3.8, 4) is 0 Å². The van der Waals surface area contributed by atoms with Gasteiger partial charge in [-0.05, 0) is 32.4 Å². The van der Waals surface area contributed by atoms with Gasteiger partial charge in [-0.1, -0.05) is 0 Å². The first-order valence-corrected chi connectivity index (χ1v) is 8.38. The molecule has 0 amide bonds. The number of ether oxygens (including phenoxy) is 2. The topological polar surface area (TPSA) is 126 Å². The second-order valence-corrected chi connectivity index (χ2v) is 6.44. The van der Waals surface area contributed by atoms with Crippen LogP contribution in [-0.2, 0) is 23.9 Å². The summed E-state index contributed by atoms with van der Waals surface area (Å²) < 4.78 is 10.9. The third kappa shape index (κ3) is 3.85. The molecule has 0 aromatic heterocycles. The number of carboxylic acids is 1. The third-order valence-corrected chi connectivity index (χ3v) is 4.70. The van der Waals surface area contributed by atoms with Crippen LogP contribution in [0, 0.1) is 0 Å². The highest BCUT2D eigenvalue weighted by Gasteiger charge is 2.40. The molecule has 0 aliphatic carbocycles. The number of carbonyl (C=O) groups is 3. The van der Waals surface area contributed by atoms with Gasteiger partial charge >= 0.3 is 17.9 Å². The van der Waals surface area contributed by atoms with E-state index in [0.717, 1.165) is 19.4 Å². The van der Waals surface area contributed by atoms with Gasteiger partial charge in [-0.2, -0.15) is 0 Å². The van der Waals surface area contributed by atoms with Crippen molar-refractivity contribution < 1.29 is 29.0 Å². The first-order chi connectivity index (χ1) is 11.5. The first kappa shape index (κ1) is 17.1. The van der Waals surface area contributed by atoms with Gasteiger partial charge in [0.1, 0.15) is 30.3 Å². The van der Waals surface area contributed by atoms with Gasteiger partial charge in [-0.15, -0.1) is 0 Å². The third-order valence-electron chi connectivity index (χ3n) is 4.70. The second kappa shape index (κ2) is 7.45. The quantitative estimate of drug-likeness (QED) is 0.436. The van der Waals surface area contributed by atoms with Crippen molar-refractivity contribution >= 4 is 17.9 Å². The summed E-state index contributed by atoms with van der Waals surface area (Å²) in [7, 11) is 0. The summed E-state index contributed by atoms with van der Waals surface area (Å²) in [5.74, 6) is -1.78. The van der Waals surface area contributed by atoms with Crippen LogP contribution < -0.4 is 16.0 Å². The Hall–Kier alpha value is -1.71. The lowest BCUT2D eigenvalue weighted by molar-refractivity contribution is -0.160. The van der Waals surface area contributed by atoms with Gasteiger partial charge in [-0.3, -0.25) is 14.4 Å². The summed E-state index contributed by atoms with van der Waals surface area (Å²) in [6, 6.07) is -1.68. The summed E-state index contributed by atoms with van der Waals surface area (Å²) in [5.41, 5.74) is 0. The Labute approximate surface area is 139 Å². The lowest BCUT2D eigenvalue weighted by Crippen LogP contribution is -2.45. The van der Waals surface area contributed by atoms with E-state index in [1.165, 1.54) is 0 Å². The van der Waals surface area contributed by atoms with Gasteiger partial charge < -0.3 is 30.5 Å². The highest BCUT2D eigenvalue weighted by molar-refractivity contribution is 5.80. The van der Waals surface area contributed by atoms with Gasteiger partial charge in [0.25, 0.3) is 0 Å². The molecule has 24 heavy (non-hydrogen) atoms. The van der Waals surface area contributed by atoms with E-state index in [1.54, 1.807) is 0 Å². The Morgan fingerprint density at radius 1 is 0.917 bits per heavy atom. The lowest BCUT2D eigenvalue weighted by Gasteiger charge is -2.22. The molecule has 3 heterocycles. The average Bonchev–Trinajstić information content (AvgIpc) is 3.28. The number of hydrogen-bond donors (Lipinski definition) is 4. The van der Waals surface area contributed by atoms with Crippen LogP contribution in [0.15, 0.2) is 0 Å². The molecule has 0 aromatic rings. The van der Waals surface area contributed by atoms with Crippen molar-refractivity contribution in [2.45, 2.75) is 56.0 Å². The molecule has 3 aliphatic heterocycles. The molecule has 3 rings (SSSR count). The number of carbonyl (C=O) groups excluding carboxylic acids is 2.